The number of aryl methyl sites for hydroxylation is 1. The molecule has 0 amide bonds. The maximum absolute atomic E-state index is 4.67. The SMILES string of the molecule is Cc1cc2nc3sc(C(C)C)cc3nc2s1. The molecule has 0 aromatic carbocycles. The number of thiophene rings is 2. The monoisotopic (exact) mass is 248 g/mol. The first-order chi connectivity index (χ1) is 7.63. The third kappa shape index (κ3) is 1.53. The normalized spacial score (nSPS) is 12.0. The van der Waals surface area contributed by atoms with Crippen LogP contribution in [0.2, 0.25) is 0 Å². The topological polar surface area (TPSA) is 25.8 Å². The minimum atomic E-state index is 0.556. The molecular weight excluding hydrogens is 236 g/mol. The highest BCUT2D eigenvalue weighted by molar-refractivity contribution is 7.19. The van der Waals surface area contributed by atoms with Crippen LogP contribution in [-0.2, 0) is 0 Å². The summed E-state index contributed by atoms with van der Waals surface area (Å²) in [5.41, 5.74) is 2.08. The van der Waals surface area contributed by atoms with E-state index in [9.17, 15) is 0 Å². The number of fused-ring (bicyclic) bond motifs is 2. The Morgan fingerprint density at radius 1 is 1.00 bits per heavy atom. The van der Waals surface area contributed by atoms with E-state index in [1.165, 1.54) is 9.75 Å². The lowest BCUT2D eigenvalue weighted by molar-refractivity contribution is 0.890. The summed E-state index contributed by atoms with van der Waals surface area (Å²) in [5, 5.41) is 0. The molecule has 4 heteroatoms. The molecule has 0 N–H and O–H groups in total. The second-order valence-corrected chi connectivity index (χ2v) is 6.56. The molecule has 16 heavy (non-hydrogen) atoms. The first-order valence-corrected chi connectivity index (χ1v) is 6.94. The molecule has 0 atom stereocenters. The molecule has 0 bridgehead atoms. The maximum Gasteiger partial charge on any atom is 0.142 e. The number of aromatic nitrogens is 2. The van der Waals surface area contributed by atoms with E-state index in [-0.39, 0.29) is 0 Å². The van der Waals surface area contributed by atoms with E-state index in [0.717, 1.165) is 20.7 Å². The van der Waals surface area contributed by atoms with Crippen LogP contribution < -0.4 is 0 Å². The smallest absolute Gasteiger partial charge is 0.142 e. The molecule has 2 nitrogen and oxygen atoms in total. The number of hydrogen-bond acceptors (Lipinski definition) is 4. The summed E-state index contributed by atoms with van der Waals surface area (Å²) >= 11 is 3.48. The molecule has 0 aliphatic carbocycles. The predicted octanol–water partition coefficient (Wildman–Crippen LogP) is 4.34. The Morgan fingerprint density at radius 2 is 1.62 bits per heavy atom. The Kier molecular flexibility index (Phi) is 2.23. The van der Waals surface area contributed by atoms with Gasteiger partial charge in [0.05, 0.1) is 0 Å². The second kappa shape index (κ2) is 3.50. The van der Waals surface area contributed by atoms with Gasteiger partial charge in [0.1, 0.15) is 20.7 Å². The maximum atomic E-state index is 4.67. The average molecular weight is 248 g/mol. The number of rotatable bonds is 1. The van der Waals surface area contributed by atoms with Gasteiger partial charge in [0.25, 0.3) is 0 Å². The molecule has 3 rings (SSSR count). The third-order valence-corrected chi connectivity index (χ3v) is 4.79. The number of nitrogens with zero attached hydrogens (tertiary/aromatic N) is 2. The average Bonchev–Trinajstić information content (AvgIpc) is 2.74. The molecule has 3 heterocycles. The van der Waals surface area contributed by atoms with Crippen molar-refractivity contribution in [3.05, 3.63) is 21.9 Å². The summed E-state index contributed by atoms with van der Waals surface area (Å²) in [6, 6.07) is 4.29. The van der Waals surface area contributed by atoms with Gasteiger partial charge in [-0.15, -0.1) is 22.7 Å². The van der Waals surface area contributed by atoms with E-state index >= 15 is 0 Å². The van der Waals surface area contributed by atoms with Gasteiger partial charge in [0.2, 0.25) is 0 Å². The third-order valence-electron chi connectivity index (χ3n) is 2.54. The van der Waals surface area contributed by atoms with Crippen LogP contribution in [0.4, 0.5) is 0 Å². The Morgan fingerprint density at radius 3 is 2.31 bits per heavy atom. The van der Waals surface area contributed by atoms with Crippen LogP contribution in [0.5, 0.6) is 0 Å². The molecule has 0 aliphatic heterocycles. The lowest BCUT2D eigenvalue weighted by Gasteiger charge is -1.95. The number of hydrogen-bond donors (Lipinski definition) is 0. The highest BCUT2D eigenvalue weighted by Gasteiger charge is 2.10. The fourth-order valence-corrected chi connectivity index (χ4v) is 3.51. The molecule has 0 aliphatic rings. The molecular formula is C12H12N2S2. The summed E-state index contributed by atoms with van der Waals surface area (Å²) in [6.45, 7) is 6.51. The van der Waals surface area contributed by atoms with Crippen molar-refractivity contribution in [1.29, 1.82) is 0 Å². The van der Waals surface area contributed by atoms with Gasteiger partial charge in [0.15, 0.2) is 0 Å². The predicted molar refractivity (Wildman–Crippen MR) is 71.6 cm³/mol. The first-order valence-electron chi connectivity index (χ1n) is 5.31. The van der Waals surface area contributed by atoms with Crippen LogP contribution >= 0.6 is 22.7 Å². The summed E-state index contributed by atoms with van der Waals surface area (Å²) < 4.78 is 0. The zero-order valence-electron chi connectivity index (χ0n) is 9.44. The Hall–Kier alpha value is -1.00. The summed E-state index contributed by atoms with van der Waals surface area (Å²) in [7, 11) is 0. The highest BCUT2D eigenvalue weighted by atomic mass is 32.1. The van der Waals surface area contributed by atoms with Gasteiger partial charge in [-0.2, -0.15) is 0 Å². The quantitative estimate of drug-likeness (QED) is 0.640. The largest absolute Gasteiger partial charge is 0.233 e. The lowest BCUT2D eigenvalue weighted by Crippen LogP contribution is -1.78. The summed E-state index contributed by atoms with van der Waals surface area (Å²) in [5.74, 6) is 0.556. The van der Waals surface area contributed by atoms with Gasteiger partial charge in [0, 0.05) is 9.75 Å². The first kappa shape index (κ1) is 10.2. The molecule has 0 radical (unpaired) electrons. The fourth-order valence-electron chi connectivity index (χ4n) is 1.70. The van der Waals surface area contributed by atoms with Crippen LogP contribution in [0.25, 0.3) is 20.7 Å². The standard InChI is InChI=1S/C12H12N2S2/c1-6(2)10-5-9-12(16-10)13-8-4-7(3)15-11(8)14-9/h4-6H,1-3H3. The van der Waals surface area contributed by atoms with Crippen molar-refractivity contribution in [2.24, 2.45) is 0 Å². The van der Waals surface area contributed by atoms with Crippen molar-refractivity contribution in [3.8, 4) is 0 Å². The van der Waals surface area contributed by atoms with Gasteiger partial charge in [-0.1, -0.05) is 13.8 Å². The van der Waals surface area contributed by atoms with E-state index < -0.39 is 0 Å². The van der Waals surface area contributed by atoms with E-state index in [4.69, 9.17) is 0 Å². The van der Waals surface area contributed by atoms with Crippen LogP contribution in [-0.4, -0.2) is 9.97 Å². The molecule has 0 spiro atoms. The van der Waals surface area contributed by atoms with Gasteiger partial charge in [-0.3, -0.25) is 0 Å². The van der Waals surface area contributed by atoms with Gasteiger partial charge >= 0.3 is 0 Å². The molecule has 0 fully saturated rings. The van der Waals surface area contributed by atoms with E-state index in [0.29, 0.717) is 5.92 Å². The molecule has 3 aromatic heterocycles. The minimum Gasteiger partial charge on any atom is -0.233 e. The molecule has 0 saturated carbocycles. The molecule has 0 saturated heterocycles. The van der Waals surface area contributed by atoms with Crippen molar-refractivity contribution in [1.82, 2.24) is 9.97 Å². The van der Waals surface area contributed by atoms with E-state index in [2.05, 4.69) is 42.9 Å². The van der Waals surface area contributed by atoms with Gasteiger partial charge in [-0.05, 0) is 25.0 Å². The van der Waals surface area contributed by atoms with E-state index in [1.54, 1.807) is 22.7 Å². The fraction of sp³-hybridized carbons (Fsp3) is 0.333. The Balaban J connectivity index is 2.31. The van der Waals surface area contributed by atoms with Crippen molar-refractivity contribution < 1.29 is 0 Å². The van der Waals surface area contributed by atoms with Gasteiger partial charge in [-0.25, -0.2) is 9.97 Å². The van der Waals surface area contributed by atoms with Crippen LogP contribution in [0.1, 0.15) is 29.5 Å². The van der Waals surface area contributed by atoms with Gasteiger partial charge < -0.3 is 0 Å². The zero-order chi connectivity index (χ0) is 11.3. The highest BCUT2D eigenvalue weighted by Crippen LogP contribution is 2.31. The van der Waals surface area contributed by atoms with Crippen molar-refractivity contribution >= 4 is 43.4 Å². The summed E-state index contributed by atoms with van der Waals surface area (Å²) in [6.07, 6.45) is 0. The van der Waals surface area contributed by atoms with Crippen LogP contribution in [0, 0.1) is 6.92 Å². The zero-order valence-corrected chi connectivity index (χ0v) is 11.1. The Bertz CT molecular complexity index is 613. The second-order valence-electron chi connectivity index (χ2n) is 4.26. The van der Waals surface area contributed by atoms with Crippen molar-refractivity contribution in [2.45, 2.75) is 26.7 Å². The molecule has 0 unspecified atom stereocenters. The van der Waals surface area contributed by atoms with E-state index in [1.807, 2.05) is 0 Å². The van der Waals surface area contributed by atoms with Crippen LogP contribution in [0.3, 0.4) is 0 Å². The Labute approximate surface area is 102 Å². The van der Waals surface area contributed by atoms with Crippen LogP contribution in [0.15, 0.2) is 12.1 Å². The molecule has 3 aromatic rings. The molecule has 82 valence electrons. The summed E-state index contributed by atoms with van der Waals surface area (Å²) in [4.78, 5) is 14.1. The van der Waals surface area contributed by atoms with Crippen molar-refractivity contribution in [2.75, 3.05) is 0 Å². The minimum absolute atomic E-state index is 0.556. The van der Waals surface area contributed by atoms with Crippen molar-refractivity contribution in [3.63, 3.8) is 0 Å². The lowest BCUT2D eigenvalue weighted by atomic mass is 10.2.